The van der Waals surface area contributed by atoms with E-state index in [9.17, 15) is 24.5 Å². The van der Waals surface area contributed by atoms with Gasteiger partial charge in [-0.3, -0.25) is 24.5 Å². The van der Waals surface area contributed by atoms with Crippen LogP contribution in [0, 0.1) is 33.8 Å². The SMILES string of the molecule is CC(=O)Oc1ccc(N2C(=O)[C@@H]3[C@@H](C2=O)[C@H]2C=C[C@H]3CC2)cc1[N+](=O)[O-]. The molecular weight excluding hydrogens is 340 g/mol. The zero-order valence-corrected chi connectivity index (χ0v) is 14.0. The van der Waals surface area contributed by atoms with Crippen LogP contribution in [0.15, 0.2) is 30.4 Å². The van der Waals surface area contributed by atoms with E-state index >= 15 is 0 Å². The van der Waals surface area contributed by atoms with E-state index in [1.54, 1.807) is 0 Å². The van der Waals surface area contributed by atoms with Gasteiger partial charge >= 0.3 is 11.7 Å². The zero-order valence-electron chi connectivity index (χ0n) is 14.0. The van der Waals surface area contributed by atoms with Crippen LogP contribution < -0.4 is 9.64 Å². The molecule has 0 unspecified atom stereocenters. The average Bonchev–Trinajstić information content (AvgIpc) is 2.89. The Morgan fingerprint density at radius 2 is 1.73 bits per heavy atom. The lowest BCUT2D eigenvalue weighted by Gasteiger charge is -2.38. The first-order chi connectivity index (χ1) is 12.4. The lowest BCUT2D eigenvalue weighted by molar-refractivity contribution is -0.385. The Bertz CT molecular complexity index is 844. The van der Waals surface area contributed by atoms with Gasteiger partial charge in [0.05, 0.1) is 22.4 Å². The molecule has 1 aliphatic heterocycles. The maximum absolute atomic E-state index is 12.9. The third kappa shape index (κ3) is 2.33. The molecule has 26 heavy (non-hydrogen) atoms. The maximum atomic E-state index is 12.9. The Kier molecular flexibility index (Phi) is 3.64. The van der Waals surface area contributed by atoms with Gasteiger partial charge in [0.1, 0.15) is 0 Å². The van der Waals surface area contributed by atoms with Crippen LogP contribution in [0.3, 0.4) is 0 Å². The molecule has 1 saturated carbocycles. The van der Waals surface area contributed by atoms with E-state index in [0.29, 0.717) is 0 Å². The average molecular weight is 356 g/mol. The van der Waals surface area contributed by atoms with Crippen LogP contribution >= 0.6 is 0 Å². The molecule has 1 aromatic carbocycles. The van der Waals surface area contributed by atoms with Crippen LogP contribution in [-0.2, 0) is 14.4 Å². The molecule has 0 spiro atoms. The molecule has 4 aliphatic rings. The number of nitro benzene ring substituents is 1. The second-order valence-corrected chi connectivity index (χ2v) is 6.86. The number of hydrogen-bond acceptors (Lipinski definition) is 6. The summed E-state index contributed by atoms with van der Waals surface area (Å²) in [6, 6.07) is 3.75. The number of ether oxygens (including phenoxy) is 1. The molecule has 8 nitrogen and oxygen atoms in total. The highest BCUT2D eigenvalue weighted by Crippen LogP contribution is 2.50. The van der Waals surface area contributed by atoms with E-state index in [0.717, 1.165) is 30.7 Å². The summed E-state index contributed by atoms with van der Waals surface area (Å²) >= 11 is 0. The summed E-state index contributed by atoms with van der Waals surface area (Å²) in [7, 11) is 0. The number of amides is 2. The highest BCUT2D eigenvalue weighted by atomic mass is 16.6. The van der Waals surface area contributed by atoms with E-state index in [4.69, 9.17) is 4.74 Å². The smallest absolute Gasteiger partial charge is 0.313 e. The van der Waals surface area contributed by atoms with Crippen molar-refractivity contribution >= 4 is 29.2 Å². The van der Waals surface area contributed by atoms with Crippen LogP contribution in [0.1, 0.15) is 19.8 Å². The number of anilines is 1. The van der Waals surface area contributed by atoms with Crippen LogP contribution in [-0.4, -0.2) is 22.7 Å². The lowest BCUT2D eigenvalue weighted by Crippen LogP contribution is -2.38. The summed E-state index contributed by atoms with van der Waals surface area (Å²) < 4.78 is 4.84. The van der Waals surface area contributed by atoms with Gasteiger partial charge in [-0.25, -0.2) is 4.90 Å². The molecule has 5 rings (SSSR count). The van der Waals surface area contributed by atoms with E-state index in [2.05, 4.69) is 0 Å². The van der Waals surface area contributed by atoms with Crippen molar-refractivity contribution in [1.29, 1.82) is 0 Å². The van der Waals surface area contributed by atoms with Gasteiger partial charge in [-0.15, -0.1) is 0 Å². The topological polar surface area (TPSA) is 107 Å². The van der Waals surface area contributed by atoms with Crippen molar-refractivity contribution < 1.29 is 24.0 Å². The van der Waals surface area contributed by atoms with Gasteiger partial charge < -0.3 is 4.74 Å². The van der Waals surface area contributed by atoms with E-state index in [1.807, 2.05) is 12.2 Å². The predicted molar refractivity (Wildman–Crippen MR) is 89.2 cm³/mol. The number of nitro groups is 1. The Morgan fingerprint density at radius 3 is 2.19 bits per heavy atom. The molecule has 0 N–H and O–H groups in total. The minimum atomic E-state index is -0.703. The Hall–Kier alpha value is -3.03. The van der Waals surface area contributed by atoms with Crippen molar-refractivity contribution in [3.8, 4) is 5.75 Å². The van der Waals surface area contributed by atoms with Crippen molar-refractivity contribution in [1.82, 2.24) is 0 Å². The van der Waals surface area contributed by atoms with Gasteiger partial charge in [-0.1, -0.05) is 12.2 Å². The van der Waals surface area contributed by atoms with Crippen LogP contribution in [0.2, 0.25) is 0 Å². The first-order valence-corrected chi connectivity index (χ1v) is 8.41. The normalized spacial score (nSPS) is 29.0. The molecule has 2 amide bonds. The molecular formula is C18H16N2O6. The molecule has 134 valence electrons. The van der Waals surface area contributed by atoms with E-state index in [1.165, 1.54) is 12.1 Å². The van der Waals surface area contributed by atoms with Gasteiger partial charge in [0.15, 0.2) is 0 Å². The molecule has 1 saturated heterocycles. The van der Waals surface area contributed by atoms with Gasteiger partial charge in [-0.05, 0) is 36.8 Å². The van der Waals surface area contributed by atoms with Crippen molar-refractivity contribution in [3.63, 3.8) is 0 Å². The highest BCUT2D eigenvalue weighted by molar-refractivity contribution is 6.22. The molecule has 8 heteroatoms. The Morgan fingerprint density at radius 1 is 1.15 bits per heavy atom. The minimum Gasteiger partial charge on any atom is -0.419 e. The highest BCUT2D eigenvalue weighted by Gasteiger charge is 2.57. The second-order valence-electron chi connectivity index (χ2n) is 6.86. The third-order valence-electron chi connectivity index (χ3n) is 5.41. The summed E-state index contributed by atoms with van der Waals surface area (Å²) in [4.78, 5) is 48.6. The van der Waals surface area contributed by atoms with Gasteiger partial charge in [0.2, 0.25) is 17.6 Å². The first kappa shape index (κ1) is 16.4. The fourth-order valence-electron chi connectivity index (χ4n) is 4.36. The number of nitrogens with zero attached hydrogens (tertiary/aromatic N) is 2. The van der Waals surface area contributed by atoms with Crippen LogP contribution in [0.5, 0.6) is 5.75 Å². The standard InChI is InChI=1S/C18H16N2O6/c1-9(21)26-14-7-6-12(8-13(14)20(24)25)19-17(22)15-10-2-3-11(5-4-10)16(15)18(19)23/h2-3,6-8,10-11,15-16H,4-5H2,1H3/t10-,11-,15-,16-/m0/s1. The minimum absolute atomic E-state index is 0.0433. The zero-order chi connectivity index (χ0) is 18.6. The fraction of sp³-hybridized carbons (Fsp3) is 0.389. The van der Waals surface area contributed by atoms with Crippen molar-refractivity contribution in [2.75, 3.05) is 4.90 Å². The Balaban J connectivity index is 1.73. The molecule has 3 aliphatic carbocycles. The molecule has 1 heterocycles. The predicted octanol–water partition coefficient (Wildman–Crippen LogP) is 2.22. The van der Waals surface area contributed by atoms with Crippen LogP contribution in [0.25, 0.3) is 0 Å². The number of carbonyl (C=O) groups excluding carboxylic acids is 3. The maximum Gasteiger partial charge on any atom is 0.313 e. The quantitative estimate of drug-likeness (QED) is 0.205. The number of benzene rings is 1. The molecule has 0 aromatic heterocycles. The van der Waals surface area contributed by atoms with Gasteiger partial charge in [0.25, 0.3) is 0 Å². The van der Waals surface area contributed by atoms with E-state index < -0.39 is 28.4 Å². The molecule has 1 aromatic rings. The summed E-state index contributed by atoms with van der Waals surface area (Å²) in [6.07, 6.45) is 5.77. The third-order valence-corrected chi connectivity index (χ3v) is 5.41. The second kappa shape index (κ2) is 5.76. The number of carbonyl (C=O) groups is 3. The number of rotatable bonds is 3. The number of esters is 1. The summed E-state index contributed by atoms with van der Waals surface area (Å²) in [5.74, 6) is -2.23. The Labute approximate surface area is 148 Å². The van der Waals surface area contributed by atoms with Crippen LogP contribution in [0.4, 0.5) is 11.4 Å². The number of fused-ring (bicyclic) bond motifs is 1. The molecule has 0 radical (unpaired) electrons. The monoisotopic (exact) mass is 356 g/mol. The lowest BCUT2D eigenvalue weighted by atomic mass is 9.63. The van der Waals surface area contributed by atoms with Gasteiger partial charge in [0, 0.05) is 13.0 Å². The number of allylic oxidation sites excluding steroid dienone is 2. The number of imide groups is 1. The molecule has 4 atom stereocenters. The summed E-state index contributed by atoms with van der Waals surface area (Å²) in [6.45, 7) is 1.14. The van der Waals surface area contributed by atoms with Crippen molar-refractivity contribution in [3.05, 3.63) is 40.5 Å². The summed E-state index contributed by atoms with van der Waals surface area (Å²) in [5, 5.41) is 11.3. The van der Waals surface area contributed by atoms with E-state index in [-0.39, 0.29) is 35.1 Å². The largest absolute Gasteiger partial charge is 0.419 e. The summed E-state index contributed by atoms with van der Waals surface area (Å²) in [5.41, 5.74) is -0.328. The van der Waals surface area contributed by atoms with Crippen molar-refractivity contribution in [2.45, 2.75) is 19.8 Å². The first-order valence-electron chi connectivity index (χ1n) is 8.41. The number of hydrogen-bond donors (Lipinski definition) is 0. The molecule has 2 bridgehead atoms. The molecule has 2 fully saturated rings. The fourth-order valence-corrected chi connectivity index (χ4v) is 4.36. The van der Waals surface area contributed by atoms with Crippen molar-refractivity contribution in [2.24, 2.45) is 23.7 Å². The van der Waals surface area contributed by atoms with Gasteiger partial charge in [-0.2, -0.15) is 0 Å².